The highest BCUT2D eigenvalue weighted by molar-refractivity contribution is 7.90. The summed E-state index contributed by atoms with van der Waals surface area (Å²) in [6.45, 7) is 0. The fourth-order valence-corrected chi connectivity index (χ4v) is 3.10. The number of rotatable bonds is 4. The molecule has 0 spiro atoms. The Balaban J connectivity index is 2.19. The first-order valence-electron chi connectivity index (χ1n) is 7.06. The maximum Gasteiger partial charge on any atom is 0.295 e. The number of H-pyrrole nitrogens is 1. The molecule has 130 valence electrons. The molecule has 0 fully saturated rings. The quantitative estimate of drug-likeness (QED) is 0.764. The molecule has 5 nitrogen and oxygen atoms in total. The summed E-state index contributed by atoms with van der Waals surface area (Å²) in [5.41, 5.74) is 0.994. The Kier molecular flexibility index (Phi) is 4.34. The lowest BCUT2D eigenvalue weighted by Crippen LogP contribution is -2.00. The van der Waals surface area contributed by atoms with E-state index < -0.39 is 32.8 Å². The fourth-order valence-electron chi connectivity index (χ4n) is 2.37. The Morgan fingerprint density at radius 2 is 1.92 bits per heavy atom. The van der Waals surface area contributed by atoms with Crippen LogP contribution in [-0.2, 0) is 9.84 Å². The van der Waals surface area contributed by atoms with Gasteiger partial charge in [-0.15, -0.1) is 0 Å². The monoisotopic (exact) mass is 367 g/mol. The molecule has 0 aliphatic heterocycles. The normalized spacial score (nSPS) is 11.9. The van der Waals surface area contributed by atoms with Crippen molar-refractivity contribution in [1.82, 2.24) is 15.0 Å². The van der Waals surface area contributed by atoms with Crippen LogP contribution in [-0.4, -0.2) is 29.6 Å². The van der Waals surface area contributed by atoms with Crippen molar-refractivity contribution >= 4 is 9.84 Å². The highest BCUT2D eigenvalue weighted by Gasteiger charge is 2.21. The second-order valence-electron chi connectivity index (χ2n) is 5.31. The molecular formula is C16H12F3N3O2S. The lowest BCUT2D eigenvalue weighted by Gasteiger charge is -2.05. The van der Waals surface area contributed by atoms with Gasteiger partial charge in [0, 0.05) is 29.8 Å². The van der Waals surface area contributed by atoms with Gasteiger partial charge in [0.15, 0.2) is 15.7 Å². The topological polar surface area (TPSA) is 75.7 Å². The zero-order valence-corrected chi connectivity index (χ0v) is 13.7. The molecule has 1 aromatic carbocycles. The second-order valence-corrected chi connectivity index (χ2v) is 7.29. The molecule has 0 aliphatic carbocycles. The third kappa shape index (κ3) is 3.41. The van der Waals surface area contributed by atoms with Crippen LogP contribution in [0.5, 0.6) is 0 Å². The number of imidazole rings is 1. The van der Waals surface area contributed by atoms with E-state index in [2.05, 4.69) is 15.0 Å². The number of nitrogens with one attached hydrogen (secondary N) is 1. The van der Waals surface area contributed by atoms with Crippen LogP contribution in [0.25, 0.3) is 22.5 Å². The van der Waals surface area contributed by atoms with Crippen molar-refractivity contribution in [3.05, 3.63) is 54.4 Å². The number of hydrogen-bond acceptors (Lipinski definition) is 4. The maximum atomic E-state index is 14.2. The number of nitrogens with zero attached hydrogens (tertiary/aromatic N) is 2. The van der Waals surface area contributed by atoms with Gasteiger partial charge in [0.1, 0.15) is 10.7 Å². The molecule has 0 saturated carbocycles. The average Bonchev–Trinajstić information content (AvgIpc) is 3.00. The van der Waals surface area contributed by atoms with Gasteiger partial charge >= 0.3 is 0 Å². The lowest BCUT2D eigenvalue weighted by atomic mass is 10.1. The van der Waals surface area contributed by atoms with E-state index in [0.29, 0.717) is 5.56 Å². The Hall–Kier alpha value is -2.68. The van der Waals surface area contributed by atoms with Crippen molar-refractivity contribution < 1.29 is 21.6 Å². The van der Waals surface area contributed by atoms with Gasteiger partial charge < -0.3 is 4.98 Å². The van der Waals surface area contributed by atoms with E-state index in [1.807, 2.05) is 0 Å². The van der Waals surface area contributed by atoms with E-state index >= 15 is 0 Å². The van der Waals surface area contributed by atoms with Crippen LogP contribution in [0, 0.1) is 5.82 Å². The summed E-state index contributed by atoms with van der Waals surface area (Å²) < 4.78 is 63.2. The van der Waals surface area contributed by atoms with Crippen LogP contribution in [0.2, 0.25) is 0 Å². The van der Waals surface area contributed by atoms with Gasteiger partial charge in [0.25, 0.3) is 6.43 Å². The predicted octanol–water partition coefficient (Wildman–Crippen LogP) is 3.62. The van der Waals surface area contributed by atoms with E-state index in [9.17, 15) is 21.6 Å². The van der Waals surface area contributed by atoms with Crippen molar-refractivity contribution in [2.24, 2.45) is 0 Å². The third-order valence-electron chi connectivity index (χ3n) is 3.48. The molecule has 9 heteroatoms. The number of sulfone groups is 1. The van der Waals surface area contributed by atoms with Crippen LogP contribution in [0.4, 0.5) is 13.2 Å². The molecule has 2 aromatic heterocycles. The molecule has 2 heterocycles. The van der Waals surface area contributed by atoms with E-state index in [-0.39, 0.29) is 17.0 Å². The molecular weight excluding hydrogens is 355 g/mol. The Labute approximate surface area is 141 Å². The standard InChI is InChI=1S/C16H12F3N3O2S/c1-25(23,24)12-5-4-9(7-11(12)17)13-14(10-3-2-6-20-8-10)22-16(21-13)15(18)19/h2-8,15H,1H3,(H,21,22). The molecule has 25 heavy (non-hydrogen) atoms. The van der Waals surface area contributed by atoms with Crippen molar-refractivity contribution in [2.75, 3.05) is 6.26 Å². The van der Waals surface area contributed by atoms with Crippen LogP contribution < -0.4 is 0 Å². The van der Waals surface area contributed by atoms with Crippen molar-refractivity contribution in [1.29, 1.82) is 0 Å². The molecule has 0 atom stereocenters. The van der Waals surface area contributed by atoms with Crippen molar-refractivity contribution in [3.63, 3.8) is 0 Å². The van der Waals surface area contributed by atoms with E-state index in [1.165, 1.54) is 18.5 Å². The molecule has 3 aromatic rings. The summed E-state index contributed by atoms with van der Waals surface area (Å²) in [5.74, 6) is -1.54. The van der Waals surface area contributed by atoms with Crippen LogP contribution >= 0.6 is 0 Å². The molecule has 0 saturated heterocycles. The molecule has 0 amide bonds. The van der Waals surface area contributed by atoms with Crippen molar-refractivity contribution in [2.45, 2.75) is 11.3 Å². The highest BCUT2D eigenvalue weighted by Crippen LogP contribution is 2.33. The molecule has 1 N–H and O–H groups in total. The number of benzene rings is 1. The van der Waals surface area contributed by atoms with Gasteiger partial charge in [-0.3, -0.25) is 4.98 Å². The smallest absolute Gasteiger partial charge is 0.295 e. The zero-order valence-electron chi connectivity index (χ0n) is 12.9. The first-order valence-corrected chi connectivity index (χ1v) is 8.95. The first kappa shape index (κ1) is 17.2. The highest BCUT2D eigenvalue weighted by atomic mass is 32.2. The minimum atomic E-state index is -3.74. The van der Waals surface area contributed by atoms with E-state index in [0.717, 1.165) is 18.4 Å². The molecule has 0 aliphatic rings. The summed E-state index contributed by atoms with van der Waals surface area (Å²) >= 11 is 0. The Morgan fingerprint density at radius 3 is 2.48 bits per heavy atom. The second kappa shape index (κ2) is 6.32. The van der Waals surface area contributed by atoms with Gasteiger partial charge in [-0.2, -0.15) is 0 Å². The third-order valence-corrected chi connectivity index (χ3v) is 4.61. The van der Waals surface area contributed by atoms with E-state index in [4.69, 9.17) is 0 Å². The Morgan fingerprint density at radius 1 is 1.16 bits per heavy atom. The number of pyridine rings is 1. The summed E-state index contributed by atoms with van der Waals surface area (Å²) in [6.07, 6.45) is 1.02. The average molecular weight is 367 g/mol. The summed E-state index contributed by atoms with van der Waals surface area (Å²) in [5, 5.41) is 0. The molecule has 0 bridgehead atoms. The molecule has 0 unspecified atom stereocenters. The van der Waals surface area contributed by atoms with Gasteiger partial charge in [-0.1, -0.05) is 6.07 Å². The zero-order chi connectivity index (χ0) is 18.2. The van der Waals surface area contributed by atoms with E-state index in [1.54, 1.807) is 12.1 Å². The van der Waals surface area contributed by atoms with Crippen LogP contribution in [0.3, 0.4) is 0 Å². The summed E-state index contributed by atoms with van der Waals surface area (Å²) in [7, 11) is -3.74. The number of aromatic nitrogens is 3. The van der Waals surface area contributed by atoms with Gasteiger partial charge in [-0.05, 0) is 24.3 Å². The minimum absolute atomic E-state index is 0.0854. The summed E-state index contributed by atoms with van der Waals surface area (Å²) in [4.78, 5) is 9.81. The minimum Gasteiger partial charge on any atom is -0.337 e. The maximum absolute atomic E-state index is 14.2. The predicted molar refractivity (Wildman–Crippen MR) is 85.3 cm³/mol. The molecule has 0 radical (unpaired) electrons. The number of alkyl halides is 2. The SMILES string of the molecule is CS(=O)(=O)c1ccc(-c2nc(C(F)F)[nH]c2-c2cccnc2)cc1F. The fraction of sp³-hybridized carbons (Fsp3) is 0.125. The summed E-state index contributed by atoms with van der Waals surface area (Å²) in [6, 6.07) is 6.63. The number of aromatic amines is 1. The van der Waals surface area contributed by atoms with Gasteiger partial charge in [0.05, 0.1) is 11.4 Å². The van der Waals surface area contributed by atoms with Crippen molar-refractivity contribution in [3.8, 4) is 22.5 Å². The van der Waals surface area contributed by atoms with Crippen LogP contribution in [0.15, 0.2) is 47.6 Å². The Bertz CT molecular complexity index is 1020. The number of hydrogen-bond donors (Lipinski definition) is 1. The van der Waals surface area contributed by atoms with Crippen LogP contribution in [0.1, 0.15) is 12.2 Å². The molecule has 3 rings (SSSR count). The first-order chi connectivity index (χ1) is 11.8. The number of halogens is 3. The van der Waals surface area contributed by atoms with Gasteiger partial charge in [0.2, 0.25) is 0 Å². The van der Waals surface area contributed by atoms with Gasteiger partial charge in [-0.25, -0.2) is 26.6 Å². The largest absolute Gasteiger partial charge is 0.337 e. The lowest BCUT2D eigenvalue weighted by molar-refractivity contribution is 0.141.